The van der Waals surface area contributed by atoms with Crippen LogP contribution < -0.4 is 5.32 Å². The van der Waals surface area contributed by atoms with Gasteiger partial charge in [-0.25, -0.2) is 0 Å². The third kappa shape index (κ3) is 3.79. The van der Waals surface area contributed by atoms with Gasteiger partial charge in [0.15, 0.2) is 0 Å². The highest BCUT2D eigenvalue weighted by atomic mass is 16.5. The molecule has 26 heavy (non-hydrogen) atoms. The van der Waals surface area contributed by atoms with Gasteiger partial charge in [0.2, 0.25) is 0 Å². The number of aromatic nitrogens is 1. The molecule has 0 radical (unpaired) electrons. The SMILES string of the molecule is O=C(N[C@@H]1COCC[C@@H]1OCc1ccccc1)c1ccc2[nH]ccc2c1. The summed E-state index contributed by atoms with van der Waals surface area (Å²) in [4.78, 5) is 15.8. The fourth-order valence-corrected chi connectivity index (χ4v) is 3.28. The molecule has 0 bridgehead atoms. The van der Waals surface area contributed by atoms with Crippen LogP contribution in [0.2, 0.25) is 0 Å². The molecular weight excluding hydrogens is 328 g/mol. The van der Waals surface area contributed by atoms with E-state index in [-0.39, 0.29) is 18.1 Å². The van der Waals surface area contributed by atoms with Crippen LogP contribution in [0.15, 0.2) is 60.8 Å². The van der Waals surface area contributed by atoms with Crippen molar-refractivity contribution in [2.24, 2.45) is 0 Å². The average molecular weight is 350 g/mol. The number of carbonyl (C=O) groups excluding carboxylic acids is 1. The van der Waals surface area contributed by atoms with E-state index in [1.165, 1.54) is 0 Å². The number of aromatic amines is 1. The molecule has 134 valence electrons. The Morgan fingerprint density at radius 1 is 1.19 bits per heavy atom. The predicted molar refractivity (Wildman–Crippen MR) is 100 cm³/mol. The van der Waals surface area contributed by atoms with Crippen LogP contribution in [-0.4, -0.2) is 36.3 Å². The fourth-order valence-electron chi connectivity index (χ4n) is 3.28. The number of hydrogen-bond acceptors (Lipinski definition) is 3. The standard InChI is InChI=1S/C21H22N2O3/c24-21(17-6-7-18-16(12-17)8-10-22-18)23-19-14-25-11-9-20(19)26-13-15-4-2-1-3-5-15/h1-8,10,12,19-20,22H,9,11,13-14H2,(H,23,24)/t19-,20+/m1/s1. The van der Waals surface area contributed by atoms with E-state index in [9.17, 15) is 4.79 Å². The van der Waals surface area contributed by atoms with Crippen molar-refractivity contribution in [1.82, 2.24) is 10.3 Å². The van der Waals surface area contributed by atoms with Crippen molar-refractivity contribution in [3.05, 3.63) is 71.9 Å². The fraction of sp³-hybridized carbons (Fsp3) is 0.286. The van der Waals surface area contributed by atoms with Crippen LogP contribution in [0.5, 0.6) is 0 Å². The van der Waals surface area contributed by atoms with Gasteiger partial charge < -0.3 is 19.8 Å². The minimum absolute atomic E-state index is 0.0519. The topological polar surface area (TPSA) is 63.4 Å². The predicted octanol–water partition coefficient (Wildman–Crippen LogP) is 3.27. The molecule has 5 nitrogen and oxygen atoms in total. The number of carbonyl (C=O) groups is 1. The molecule has 0 aliphatic carbocycles. The van der Waals surface area contributed by atoms with Crippen LogP contribution in [0.25, 0.3) is 10.9 Å². The van der Waals surface area contributed by atoms with Crippen molar-refractivity contribution < 1.29 is 14.3 Å². The van der Waals surface area contributed by atoms with Crippen molar-refractivity contribution in [1.29, 1.82) is 0 Å². The van der Waals surface area contributed by atoms with Gasteiger partial charge in [-0.1, -0.05) is 30.3 Å². The summed E-state index contributed by atoms with van der Waals surface area (Å²) in [5.41, 5.74) is 2.79. The summed E-state index contributed by atoms with van der Waals surface area (Å²) in [5, 5.41) is 4.10. The third-order valence-electron chi connectivity index (χ3n) is 4.73. The number of rotatable bonds is 5. The normalized spacial score (nSPS) is 20.2. The van der Waals surface area contributed by atoms with Crippen LogP contribution in [0, 0.1) is 0 Å². The summed E-state index contributed by atoms with van der Waals surface area (Å²) in [7, 11) is 0. The van der Waals surface area contributed by atoms with Gasteiger partial charge in [-0.3, -0.25) is 4.79 Å². The van der Waals surface area contributed by atoms with Gasteiger partial charge in [-0.2, -0.15) is 0 Å². The van der Waals surface area contributed by atoms with E-state index in [0.29, 0.717) is 25.4 Å². The quantitative estimate of drug-likeness (QED) is 0.742. The van der Waals surface area contributed by atoms with Crippen LogP contribution in [0.4, 0.5) is 0 Å². The van der Waals surface area contributed by atoms with E-state index in [1.54, 1.807) is 0 Å². The molecule has 0 spiro atoms. The lowest BCUT2D eigenvalue weighted by Gasteiger charge is -2.32. The largest absolute Gasteiger partial charge is 0.379 e. The van der Waals surface area contributed by atoms with Crippen molar-refractivity contribution in [2.75, 3.05) is 13.2 Å². The molecule has 0 unspecified atom stereocenters. The molecule has 2 N–H and O–H groups in total. The van der Waals surface area contributed by atoms with Crippen LogP contribution >= 0.6 is 0 Å². The monoisotopic (exact) mass is 350 g/mol. The summed E-state index contributed by atoms with van der Waals surface area (Å²) in [5.74, 6) is -0.100. The van der Waals surface area contributed by atoms with Gasteiger partial charge in [-0.05, 0) is 36.2 Å². The van der Waals surface area contributed by atoms with Gasteiger partial charge in [-0.15, -0.1) is 0 Å². The van der Waals surface area contributed by atoms with Crippen molar-refractivity contribution in [2.45, 2.75) is 25.2 Å². The number of H-pyrrole nitrogens is 1. The summed E-state index contributed by atoms with van der Waals surface area (Å²) in [6.45, 7) is 1.66. The molecule has 2 aromatic carbocycles. The Hall–Kier alpha value is -2.63. The molecule has 3 aromatic rings. The second-order valence-corrected chi connectivity index (χ2v) is 6.56. The van der Waals surface area contributed by atoms with Gasteiger partial charge in [0.05, 0.1) is 25.4 Å². The Balaban J connectivity index is 1.41. The lowest BCUT2D eigenvalue weighted by atomic mass is 10.1. The maximum absolute atomic E-state index is 12.7. The Bertz CT molecular complexity index is 875. The highest BCUT2D eigenvalue weighted by Crippen LogP contribution is 2.17. The number of ether oxygens (including phenoxy) is 2. The first-order valence-corrected chi connectivity index (χ1v) is 8.91. The second-order valence-electron chi connectivity index (χ2n) is 6.56. The van der Waals surface area contributed by atoms with Crippen molar-refractivity contribution in [3.63, 3.8) is 0 Å². The first-order chi connectivity index (χ1) is 12.8. The molecule has 1 saturated heterocycles. The Morgan fingerprint density at radius 2 is 2.08 bits per heavy atom. The van der Waals surface area contributed by atoms with E-state index in [0.717, 1.165) is 22.9 Å². The molecule has 5 heteroatoms. The zero-order chi connectivity index (χ0) is 17.8. The van der Waals surface area contributed by atoms with E-state index in [2.05, 4.69) is 10.3 Å². The molecule has 2 heterocycles. The maximum Gasteiger partial charge on any atom is 0.251 e. The van der Waals surface area contributed by atoms with E-state index in [4.69, 9.17) is 9.47 Å². The highest BCUT2D eigenvalue weighted by Gasteiger charge is 2.28. The van der Waals surface area contributed by atoms with E-state index >= 15 is 0 Å². The number of benzene rings is 2. The minimum atomic E-state index is -0.151. The lowest BCUT2D eigenvalue weighted by Crippen LogP contribution is -2.50. The van der Waals surface area contributed by atoms with Crippen LogP contribution in [0.3, 0.4) is 0 Å². The van der Waals surface area contributed by atoms with E-state index in [1.807, 2.05) is 60.8 Å². The minimum Gasteiger partial charge on any atom is -0.379 e. The first kappa shape index (κ1) is 16.8. The van der Waals surface area contributed by atoms with Crippen LogP contribution in [0.1, 0.15) is 22.3 Å². The molecular formula is C21H22N2O3. The lowest BCUT2D eigenvalue weighted by molar-refractivity contribution is -0.0605. The molecule has 0 saturated carbocycles. The molecule has 4 rings (SSSR count). The molecule has 1 aliphatic rings. The average Bonchev–Trinajstić information content (AvgIpc) is 3.16. The molecule has 1 amide bonds. The second kappa shape index (κ2) is 7.72. The van der Waals surface area contributed by atoms with Crippen molar-refractivity contribution >= 4 is 16.8 Å². The summed E-state index contributed by atoms with van der Waals surface area (Å²) in [6.07, 6.45) is 2.59. The zero-order valence-electron chi connectivity index (χ0n) is 14.5. The molecule has 1 aromatic heterocycles. The van der Waals surface area contributed by atoms with Gasteiger partial charge in [0.1, 0.15) is 0 Å². The van der Waals surface area contributed by atoms with Crippen molar-refractivity contribution in [3.8, 4) is 0 Å². The highest BCUT2D eigenvalue weighted by molar-refractivity contribution is 5.98. The maximum atomic E-state index is 12.7. The number of amides is 1. The van der Waals surface area contributed by atoms with Gasteiger partial charge >= 0.3 is 0 Å². The van der Waals surface area contributed by atoms with Gasteiger partial charge in [0.25, 0.3) is 5.91 Å². The number of fused-ring (bicyclic) bond motifs is 1. The Kier molecular flexibility index (Phi) is 5.00. The number of hydrogen-bond donors (Lipinski definition) is 2. The first-order valence-electron chi connectivity index (χ1n) is 8.91. The van der Waals surface area contributed by atoms with Crippen LogP contribution in [-0.2, 0) is 16.1 Å². The summed E-state index contributed by atoms with van der Waals surface area (Å²) in [6, 6.07) is 17.5. The zero-order valence-corrected chi connectivity index (χ0v) is 14.5. The Morgan fingerprint density at radius 3 is 2.96 bits per heavy atom. The molecule has 1 fully saturated rings. The van der Waals surface area contributed by atoms with E-state index < -0.39 is 0 Å². The summed E-state index contributed by atoms with van der Waals surface area (Å²) >= 11 is 0. The number of nitrogens with one attached hydrogen (secondary N) is 2. The molecule has 2 atom stereocenters. The molecule has 1 aliphatic heterocycles. The summed E-state index contributed by atoms with van der Waals surface area (Å²) < 4.78 is 11.6. The van der Waals surface area contributed by atoms with Gasteiger partial charge in [0, 0.05) is 29.3 Å². The third-order valence-corrected chi connectivity index (χ3v) is 4.73. The Labute approximate surface area is 152 Å². The smallest absolute Gasteiger partial charge is 0.251 e.